The van der Waals surface area contributed by atoms with E-state index < -0.39 is 41.8 Å². The van der Waals surface area contributed by atoms with E-state index in [0.29, 0.717) is 51.6 Å². The third-order valence-electron chi connectivity index (χ3n) is 4.65. The summed E-state index contributed by atoms with van der Waals surface area (Å²) in [6.07, 6.45) is 3.45. The van der Waals surface area contributed by atoms with E-state index in [1.807, 2.05) is 13.8 Å². The summed E-state index contributed by atoms with van der Waals surface area (Å²) in [4.78, 5) is 48.3. The number of carbonyl (C=O) groups excluding carboxylic acids is 3. The lowest BCUT2D eigenvalue weighted by Crippen LogP contribution is -2.53. The molecule has 0 aliphatic heterocycles. The van der Waals surface area contributed by atoms with Gasteiger partial charge in [-0.3, -0.25) is 14.4 Å². The Balaban J connectivity index is 4.87. The Kier molecular flexibility index (Phi) is 15.3. The van der Waals surface area contributed by atoms with Crippen LogP contribution in [0.15, 0.2) is 0 Å². The van der Waals surface area contributed by atoms with Crippen LogP contribution in [0.4, 0.5) is 0 Å². The fraction of sp³-hybridized carbons (Fsp3) is 0.800. The molecule has 0 rings (SSSR count). The minimum Gasteiger partial charge on any atom is -0.480 e. The number of carboxylic acid groups (broad SMARTS) is 1. The molecule has 10 N–H and O–H groups in total. The Morgan fingerprint density at radius 1 is 0.839 bits per heavy atom. The van der Waals surface area contributed by atoms with E-state index in [1.54, 1.807) is 0 Å². The van der Waals surface area contributed by atoms with Gasteiger partial charge in [0.05, 0.1) is 12.6 Å². The van der Waals surface area contributed by atoms with Crippen LogP contribution < -0.4 is 33.2 Å². The van der Waals surface area contributed by atoms with E-state index in [2.05, 4.69) is 16.0 Å². The highest BCUT2D eigenvalue weighted by molar-refractivity contribution is 5.92. The van der Waals surface area contributed by atoms with Crippen LogP contribution in [0, 0.1) is 5.92 Å². The topological polar surface area (TPSA) is 203 Å². The maximum atomic E-state index is 12.6. The van der Waals surface area contributed by atoms with Gasteiger partial charge in [-0.15, -0.1) is 0 Å². The molecule has 0 aromatic rings. The van der Waals surface area contributed by atoms with Crippen LogP contribution in [0.3, 0.4) is 0 Å². The highest BCUT2D eigenvalue weighted by Crippen LogP contribution is 2.05. The Morgan fingerprint density at radius 3 is 1.87 bits per heavy atom. The van der Waals surface area contributed by atoms with Crippen LogP contribution in [0.25, 0.3) is 0 Å². The van der Waals surface area contributed by atoms with Crippen molar-refractivity contribution in [1.82, 2.24) is 16.0 Å². The smallest absolute Gasteiger partial charge is 0.326 e. The first-order valence-corrected chi connectivity index (χ1v) is 10.9. The fourth-order valence-electron chi connectivity index (χ4n) is 2.94. The number of nitrogens with one attached hydrogen (secondary N) is 3. The van der Waals surface area contributed by atoms with Gasteiger partial charge >= 0.3 is 5.97 Å². The van der Waals surface area contributed by atoms with Crippen LogP contribution >= 0.6 is 0 Å². The average Bonchev–Trinajstić information content (AvgIpc) is 2.69. The van der Waals surface area contributed by atoms with Gasteiger partial charge in [-0.1, -0.05) is 13.8 Å². The molecule has 0 aliphatic carbocycles. The zero-order chi connectivity index (χ0) is 23.8. The number of nitrogens with two attached hydrogens (primary N) is 3. The van der Waals surface area contributed by atoms with Gasteiger partial charge in [0.1, 0.15) is 12.1 Å². The van der Waals surface area contributed by atoms with Crippen LogP contribution in [0.2, 0.25) is 0 Å². The van der Waals surface area contributed by atoms with Crippen molar-refractivity contribution >= 4 is 23.7 Å². The van der Waals surface area contributed by atoms with E-state index in [9.17, 15) is 24.3 Å². The molecular formula is C20H40N6O5. The summed E-state index contributed by atoms with van der Waals surface area (Å²) in [6, 6.07) is -2.72. The Morgan fingerprint density at radius 2 is 1.39 bits per heavy atom. The minimum absolute atomic E-state index is 0.234. The standard InChI is InChI=1S/C20H40N6O5/c1-13(2)11-14(23)18(28)24-12-17(27)25-15(7-3-5-9-21)19(29)26-16(20(30)31)8-4-6-10-22/h13-16H,3-12,21-23H2,1-2H3,(H,24,28)(H,25,27)(H,26,29)(H,30,31)/t14-,15-,16-/m0/s1. The first kappa shape index (κ1) is 28.8. The zero-order valence-corrected chi connectivity index (χ0v) is 18.7. The molecule has 3 atom stereocenters. The lowest BCUT2D eigenvalue weighted by Gasteiger charge is -2.22. The molecule has 31 heavy (non-hydrogen) atoms. The zero-order valence-electron chi connectivity index (χ0n) is 18.7. The molecule has 0 saturated carbocycles. The molecule has 180 valence electrons. The number of carbonyl (C=O) groups is 4. The van der Waals surface area contributed by atoms with Gasteiger partial charge in [0.15, 0.2) is 0 Å². The maximum Gasteiger partial charge on any atom is 0.326 e. The van der Waals surface area contributed by atoms with E-state index in [1.165, 1.54) is 0 Å². The predicted molar refractivity (Wildman–Crippen MR) is 118 cm³/mol. The summed E-state index contributed by atoms with van der Waals surface area (Å²) in [5, 5.41) is 16.9. The summed E-state index contributed by atoms with van der Waals surface area (Å²) in [6.45, 7) is 4.41. The lowest BCUT2D eigenvalue weighted by molar-refractivity contribution is -0.142. The molecule has 0 aromatic heterocycles. The number of aliphatic carboxylic acids is 1. The van der Waals surface area contributed by atoms with Gasteiger partial charge in [0.25, 0.3) is 0 Å². The number of hydrogen-bond acceptors (Lipinski definition) is 7. The van der Waals surface area contributed by atoms with Crippen molar-refractivity contribution in [3.8, 4) is 0 Å². The molecule has 3 amide bonds. The maximum absolute atomic E-state index is 12.6. The molecule has 0 bridgehead atoms. The Bertz CT molecular complexity index is 572. The van der Waals surface area contributed by atoms with Gasteiger partial charge in [-0.05, 0) is 64.0 Å². The van der Waals surface area contributed by atoms with Crippen LogP contribution in [-0.4, -0.2) is 66.6 Å². The first-order chi connectivity index (χ1) is 14.6. The van der Waals surface area contributed by atoms with Gasteiger partial charge in [-0.25, -0.2) is 4.79 Å². The second kappa shape index (κ2) is 16.5. The second-order valence-electron chi connectivity index (χ2n) is 8.04. The fourth-order valence-corrected chi connectivity index (χ4v) is 2.94. The van der Waals surface area contributed by atoms with Gasteiger partial charge in [0, 0.05) is 0 Å². The van der Waals surface area contributed by atoms with Gasteiger partial charge in [-0.2, -0.15) is 0 Å². The summed E-state index contributed by atoms with van der Waals surface area (Å²) < 4.78 is 0. The number of amides is 3. The highest BCUT2D eigenvalue weighted by Gasteiger charge is 2.26. The van der Waals surface area contributed by atoms with Gasteiger partial charge < -0.3 is 38.3 Å². The van der Waals surface area contributed by atoms with Gasteiger partial charge in [0.2, 0.25) is 17.7 Å². The molecule has 0 aromatic carbocycles. The number of hydrogen-bond donors (Lipinski definition) is 7. The third-order valence-corrected chi connectivity index (χ3v) is 4.65. The van der Waals surface area contributed by atoms with Crippen molar-refractivity contribution in [1.29, 1.82) is 0 Å². The van der Waals surface area contributed by atoms with Crippen molar-refractivity contribution in [3.63, 3.8) is 0 Å². The van der Waals surface area contributed by atoms with Crippen LogP contribution in [0.5, 0.6) is 0 Å². The largest absolute Gasteiger partial charge is 0.480 e. The average molecular weight is 445 g/mol. The third kappa shape index (κ3) is 13.6. The monoisotopic (exact) mass is 444 g/mol. The van der Waals surface area contributed by atoms with Crippen molar-refractivity contribution in [2.45, 2.75) is 76.9 Å². The Labute approximate surface area is 184 Å². The van der Waals surface area contributed by atoms with Crippen molar-refractivity contribution in [3.05, 3.63) is 0 Å². The lowest BCUT2D eigenvalue weighted by atomic mass is 10.0. The van der Waals surface area contributed by atoms with E-state index in [-0.39, 0.29) is 18.9 Å². The summed E-state index contributed by atoms with van der Waals surface area (Å²) >= 11 is 0. The summed E-state index contributed by atoms with van der Waals surface area (Å²) in [7, 11) is 0. The molecule has 11 heteroatoms. The molecule has 0 spiro atoms. The summed E-state index contributed by atoms with van der Waals surface area (Å²) in [5.74, 6) is -2.51. The van der Waals surface area contributed by atoms with Crippen molar-refractivity contribution in [2.75, 3.05) is 19.6 Å². The molecular weight excluding hydrogens is 404 g/mol. The molecule has 0 fully saturated rings. The number of unbranched alkanes of at least 4 members (excludes halogenated alkanes) is 2. The Hall–Kier alpha value is -2.24. The second-order valence-corrected chi connectivity index (χ2v) is 8.04. The van der Waals surface area contributed by atoms with Crippen LogP contribution in [-0.2, 0) is 19.2 Å². The normalized spacial score (nSPS) is 13.9. The van der Waals surface area contributed by atoms with Crippen LogP contribution in [0.1, 0.15) is 58.8 Å². The van der Waals surface area contributed by atoms with Crippen molar-refractivity contribution in [2.24, 2.45) is 23.1 Å². The van der Waals surface area contributed by atoms with E-state index in [0.717, 1.165) is 0 Å². The highest BCUT2D eigenvalue weighted by atomic mass is 16.4. The number of rotatable bonds is 17. The quantitative estimate of drug-likeness (QED) is 0.135. The number of carboxylic acids is 1. The van der Waals surface area contributed by atoms with Crippen molar-refractivity contribution < 1.29 is 24.3 Å². The SMILES string of the molecule is CC(C)C[C@H](N)C(=O)NCC(=O)N[C@@H](CCCCN)C(=O)N[C@@H](CCCCN)C(=O)O. The molecule has 0 radical (unpaired) electrons. The molecule has 0 saturated heterocycles. The predicted octanol–water partition coefficient (Wildman–Crippen LogP) is -1.21. The molecule has 11 nitrogen and oxygen atoms in total. The van der Waals surface area contributed by atoms with E-state index >= 15 is 0 Å². The molecule has 0 heterocycles. The first-order valence-electron chi connectivity index (χ1n) is 10.9. The summed E-state index contributed by atoms with van der Waals surface area (Å²) in [5.41, 5.74) is 16.7. The van der Waals surface area contributed by atoms with E-state index in [4.69, 9.17) is 17.2 Å². The molecule has 0 unspecified atom stereocenters. The molecule has 0 aliphatic rings. The minimum atomic E-state index is -1.15.